The SMILES string of the molecule is CCn1c(=NC(=O)c2ccc(S(=O)(=O)N3CCCC3)cc2)sc2cc(C(C)C)ccc21. The van der Waals surface area contributed by atoms with Crippen molar-refractivity contribution in [1.82, 2.24) is 8.87 Å². The molecule has 0 atom stereocenters. The van der Waals surface area contributed by atoms with Crippen molar-refractivity contribution < 1.29 is 13.2 Å². The minimum Gasteiger partial charge on any atom is -0.317 e. The number of benzene rings is 2. The van der Waals surface area contributed by atoms with Crippen LogP contribution in [0, 0.1) is 0 Å². The maximum atomic E-state index is 12.8. The van der Waals surface area contributed by atoms with E-state index in [0.29, 0.717) is 35.9 Å². The number of carbonyl (C=O) groups is 1. The quantitative estimate of drug-likeness (QED) is 0.571. The van der Waals surface area contributed by atoms with Gasteiger partial charge in [-0.25, -0.2) is 8.42 Å². The van der Waals surface area contributed by atoms with E-state index in [2.05, 4.69) is 37.0 Å². The molecule has 0 spiro atoms. The van der Waals surface area contributed by atoms with Crippen LogP contribution in [-0.4, -0.2) is 36.3 Å². The molecule has 2 aromatic carbocycles. The lowest BCUT2D eigenvalue weighted by Gasteiger charge is -2.15. The van der Waals surface area contributed by atoms with Crippen LogP contribution < -0.4 is 4.80 Å². The molecule has 31 heavy (non-hydrogen) atoms. The second kappa shape index (κ2) is 8.68. The summed E-state index contributed by atoms with van der Waals surface area (Å²) in [6, 6.07) is 12.5. The van der Waals surface area contributed by atoms with Gasteiger partial charge in [0.15, 0.2) is 4.80 Å². The molecule has 1 amide bonds. The first-order chi connectivity index (χ1) is 14.8. The third-order valence-electron chi connectivity index (χ3n) is 5.69. The topological polar surface area (TPSA) is 71.7 Å². The van der Waals surface area contributed by atoms with Gasteiger partial charge in [-0.15, -0.1) is 0 Å². The van der Waals surface area contributed by atoms with Crippen LogP contribution in [0.5, 0.6) is 0 Å². The van der Waals surface area contributed by atoms with Gasteiger partial charge < -0.3 is 4.57 Å². The molecular weight excluding hydrogens is 430 g/mol. The summed E-state index contributed by atoms with van der Waals surface area (Å²) in [6.45, 7) is 8.17. The van der Waals surface area contributed by atoms with Crippen LogP contribution in [0.15, 0.2) is 52.4 Å². The van der Waals surface area contributed by atoms with Crippen molar-refractivity contribution in [2.75, 3.05) is 13.1 Å². The lowest BCUT2D eigenvalue weighted by atomic mass is 10.0. The van der Waals surface area contributed by atoms with Gasteiger partial charge in [0.25, 0.3) is 5.91 Å². The fraction of sp³-hybridized carbons (Fsp3) is 0.391. The van der Waals surface area contributed by atoms with Crippen molar-refractivity contribution in [3.8, 4) is 0 Å². The molecule has 0 unspecified atom stereocenters. The van der Waals surface area contributed by atoms with E-state index in [1.165, 1.54) is 33.3 Å². The summed E-state index contributed by atoms with van der Waals surface area (Å²) in [6.07, 6.45) is 1.78. The van der Waals surface area contributed by atoms with E-state index >= 15 is 0 Å². The number of fused-ring (bicyclic) bond motifs is 1. The minimum atomic E-state index is -3.49. The van der Waals surface area contributed by atoms with Crippen LogP contribution in [0.25, 0.3) is 10.2 Å². The van der Waals surface area contributed by atoms with Gasteiger partial charge >= 0.3 is 0 Å². The highest BCUT2D eigenvalue weighted by molar-refractivity contribution is 7.89. The van der Waals surface area contributed by atoms with Gasteiger partial charge in [0, 0.05) is 25.2 Å². The Kier molecular flexibility index (Phi) is 6.14. The Labute approximate surface area is 186 Å². The molecule has 2 heterocycles. The first-order valence-corrected chi connectivity index (χ1v) is 12.9. The first kappa shape index (κ1) is 21.9. The molecule has 0 radical (unpaired) electrons. The van der Waals surface area contributed by atoms with Gasteiger partial charge in [-0.3, -0.25) is 4.79 Å². The zero-order valence-electron chi connectivity index (χ0n) is 18.0. The van der Waals surface area contributed by atoms with Crippen molar-refractivity contribution in [3.63, 3.8) is 0 Å². The Morgan fingerprint density at radius 3 is 2.39 bits per heavy atom. The highest BCUT2D eigenvalue weighted by atomic mass is 32.2. The maximum Gasteiger partial charge on any atom is 0.279 e. The minimum absolute atomic E-state index is 0.220. The van der Waals surface area contributed by atoms with Gasteiger partial charge in [0.2, 0.25) is 10.0 Å². The molecule has 1 aliphatic rings. The Bertz CT molecular complexity index is 1280. The fourth-order valence-electron chi connectivity index (χ4n) is 3.84. The van der Waals surface area contributed by atoms with Gasteiger partial charge in [-0.2, -0.15) is 9.30 Å². The summed E-state index contributed by atoms with van der Waals surface area (Å²) in [7, 11) is -3.49. The Balaban J connectivity index is 1.66. The fourth-order valence-corrected chi connectivity index (χ4v) is 6.50. The van der Waals surface area contributed by atoms with E-state index in [9.17, 15) is 13.2 Å². The number of amides is 1. The molecule has 4 rings (SSSR count). The molecule has 1 aromatic heterocycles. The van der Waals surface area contributed by atoms with Crippen LogP contribution in [0.1, 0.15) is 55.5 Å². The van der Waals surface area contributed by atoms with Gasteiger partial charge in [-0.05, 0) is 67.6 Å². The molecule has 0 N–H and O–H groups in total. The van der Waals surface area contributed by atoms with Crippen molar-refractivity contribution >= 4 is 37.5 Å². The van der Waals surface area contributed by atoms with Gasteiger partial charge in [-0.1, -0.05) is 31.3 Å². The second-order valence-corrected chi connectivity index (χ2v) is 11.0. The summed E-state index contributed by atoms with van der Waals surface area (Å²) in [5.41, 5.74) is 2.70. The molecule has 8 heteroatoms. The second-order valence-electron chi connectivity index (χ2n) is 8.06. The Hall–Kier alpha value is -2.29. The van der Waals surface area contributed by atoms with E-state index in [1.54, 1.807) is 12.1 Å². The molecule has 0 aliphatic carbocycles. The highest BCUT2D eigenvalue weighted by Gasteiger charge is 2.27. The third kappa shape index (κ3) is 4.24. The molecule has 0 bridgehead atoms. The smallest absolute Gasteiger partial charge is 0.279 e. The first-order valence-electron chi connectivity index (χ1n) is 10.6. The normalized spacial score (nSPS) is 15.9. The summed E-state index contributed by atoms with van der Waals surface area (Å²) in [5.74, 6) is 0.0573. The molecule has 1 saturated heterocycles. The van der Waals surface area contributed by atoms with Crippen molar-refractivity contribution in [2.24, 2.45) is 4.99 Å². The number of nitrogens with zero attached hydrogens (tertiary/aromatic N) is 3. The largest absolute Gasteiger partial charge is 0.317 e. The van der Waals surface area contributed by atoms with Crippen LogP contribution in [0.4, 0.5) is 0 Å². The molecule has 0 saturated carbocycles. The number of sulfonamides is 1. The number of aromatic nitrogens is 1. The third-order valence-corrected chi connectivity index (χ3v) is 8.64. The number of hydrogen-bond acceptors (Lipinski definition) is 4. The molecule has 6 nitrogen and oxygen atoms in total. The van der Waals surface area contributed by atoms with Gasteiger partial charge in [0.1, 0.15) is 0 Å². The maximum absolute atomic E-state index is 12.8. The monoisotopic (exact) mass is 457 g/mol. The zero-order chi connectivity index (χ0) is 22.2. The predicted molar refractivity (Wildman–Crippen MR) is 124 cm³/mol. The lowest BCUT2D eigenvalue weighted by Crippen LogP contribution is -2.27. The highest BCUT2D eigenvalue weighted by Crippen LogP contribution is 2.24. The average molecular weight is 458 g/mol. The summed E-state index contributed by atoms with van der Waals surface area (Å²) in [4.78, 5) is 18.1. The van der Waals surface area contributed by atoms with E-state index < -0.39 is 10.0 Å². The van der Waals surface area contributed by atoms with Crippen LogP contribution in [-0.2, 0) is 16.6 Å². The van der Waals surface area contributed by atoms with Crippen molar-refractivity contribution in [1.29, 1.82) is 0 Å². The standard InChI is InChI=1S/C23H27N3O3S2/c1-4-26-20-12-9-18(16(2)3)15-21(20)30-23(26)24-22(27)17-7-10-19(11-8-17)31(28,29)25-13-5-6-14-25/h7-12,15-16H,4-6,13-14H2,1-3H3. The van der Waals surface area contributed by atoms with Crippen LogP contribution in [0.2, 0.25) is 0 Å². The number of carbonyl (C=O) groups excluding carboxylic acids is 1. The lowest BCUT2D eigenvalue weighted by molar-refractivity contribution is 0.0997. The van der Waals surface area contributed by atoms with Crippen LogP contribution in [0.3, 0.4) is 0 Å². The average Bonchev–Trinajstić information content (AvgIpc) is 3.41. The van der Waals surface area contributed by atoms with E-state index in [4.69, 9.17) is 0 Å². The Morgan fingerprint density at radius 1 is 1.10 bits per heavy atom. The molecule has 1 fully saturated rings. The Morgan fingerprint density at radius 2 is 1.77 bits per heavy atom. The molecule has 1 aliphatic heterocycles. The molecular formula is C23H27N3O3S2. The summed E-state index contributed by atoms with van der Waals surface area (Å²) < 4.78 is 30.0. The predicted octanol–water partition coefficient (Wildman–Crippen LogP) is 4.37. The van der Waals surface area contributed by atoms with Crippen molar-refractivity contribution in [3.05, 3.63) is 58.4 Å². The van der Waals surface area contributed by atoms with Crippen LogP contribution >= 0.6 is 11.3 Å². The number of hydrogen-bond donors (Lipinski definition) is 0. The number of aryl methyl sites for hydroxylation is 1. The van der Waals surface area contributed by atoms with E-state index in [0.717, 1.165) is 23.1 Å². The summed E-state index contributed by atoms with van der Waals surface area (Å²) in [5, 5.41) is 0. The van der Waals surface area contributed by atoms with E-state index in [-0.39, 0.29) is 10.8 Å². The number of thiazole rings is 1. The zero-order valence-corrected chi connectivity index (χ0v) is 19.7. The van der Waals surface area contributed by atoms with Crippen molar-refractivity contribution in [2.45, 2.75) is 51.0 Å². The van der Waals surface area contributed by atoms with Gasteiger partial charge in [0.05, 0.1) is 15.1 Å². The number of rotatable bonds is 5. The summed E-state index contributed by atoms with van der Waals surface area (Å²) >= 11 is 1.50. The molecule has 164 valence electrons. The molecule has 3 aromatic rings. The van der Waals surface area contributed by atoms with E-state index in [1.807, 2.05) is 11.5 Å².